The lowest BCUT2D eigenvalue weighted by molar-refractivity contribution is 1.14. The van der Waals surface area contributed by atoms with Crippen molar-refractivity contribution in [3.8, 4) is 0 Å². The minimum Gasteiger partial charge on any atom is -0.233 e. The molecule has 0 aliphatic rings. The second-order valence-electron chi connectivity index (χ2n) is 0.905. The number of hydrogen-bond acceptors (Lipinski definition) is 2. The summed E-state index contributed by atoms with van der Waals surface area (Å²) in [5.41, 5.74) is 0. The lowest BCUT2D eigenvalue weighted by atomic mass is 10.7. The summed E-state index contributed by atoms with van der Waals surface area (Å²) in [5.74, 6) is 0. The van der Waals surface area contributed by atoms with Crippen LogP contribution in [0.2, 0.25) is 5.15 Å². The van der Waals surface area contributed by atoms with Crippen molar-refractivity contribution in [1.29, 1.82) is 0 Å². The van der Waals surface area contributed by atoms with Crippen molar-refractivity contribution < 1.29 is 0 Å². The van der Waals surface area contributed by atoms with E-state index in [1.807, 2.05) is 0 Å². The highest BCUT2D eigenvalue weighted by Crippen LogP contribution is 1.94. The monoisotopic (exact) mass is 112 g/mol. The molecular weight excluding hydrogens is 112 g/mol. The highest BCUT2D eigenvalue weighted by molar-refractivity contribution is 6.29. The molecule has 0 spiro atoms. The second-order valence-corrected chi connectivity index (χ2v) is 1.26. The van der Waals surface area contributed by atoms with Gasteiger partial charge in [0.1, 0.15) is 5.15 Å². The Labute approximate surface area is 46.2 Å². The van der Waals surface area contributed by atoms with Gasteiger partial charge in [-0.3, -0.25) is 0 Å². The molecule has 7 heavy (non-hydrogen) atoms. The van der Waals surface area contributed by atoms with Crippen molar-refractivity contribution in [2.24, 2.45) is 0 Å². The summed E-state index contributed by atoms with van der Waals surface area (Å²) >= 11 is 5.30. The maximum absolute atomic E-state index is 5.30. The van der Waals surface area contributed by atoms with Crippen LogP contribution in [0.15, 0.2) is 6.20 Å². The van der Waals surface area contributed by atoms with Gasteiger partial charge in [0, 0.05) is 12.3 Å². The molecule has 2 radical (unpaired) electrons. The minimum atomic E-state index is 0.301. The van der Waals surface area contributed by atoms with Crippen LogP contribution in [0.25, 0.3) is 0 Å². The summed E-state index contributed by atoms with van der Waals surface area (Å²) in [5, 5.41) is 0.301. The highest BCUT2D eigenvalue weighted by Gasteiger charge is 1.79. The second kappa shape index (κ2) is 1.89. The standard InChI is InChI=1S/C4HClN2/c5-4-1-2-6-3-7-4/h2H. The molecule has 2 nitrogen and oxygen atoms in total. The summed E-state index contributed by atoms with van der Waals surface area (Å²) in [6.45, 7) is 0. The zero-order valence-corrected chi connectivity index (χ0v) is 4.11. The first-order valence-electron chi connectivity index (χ1n) is 1.66. The van der Waals surface area contributed by atoms with Crippen LogP contribution in [0.1, 0.15) is 0 Å². The van der Waals surface area contributed by atoms with Gasteiger partial charge in [0.2, 0.25) is 0 Å². The molecule has 3 heteroatoms. The van der Waals surface area contributed by atoms with Crippen LogP contribution < -0.4 is 0 Å². The molecule has 0 aliphatic heterocycles. The molecule has 1 rings (SSSR count). The first kappa shape index (κ1) is 4.53. The van der Waals surface area contributed by atoms with E-state index < -0.39 is 0 Å². The Morgan fingerprint density at radius 1 is 1.71 bits per heavy atom. The van der Waals surface area contributed by atoms with Gasteiger partial charge in [0.15, 0.2) is 6.33 Å². The summed E-state index contributed by atoms with van der Waals surface area (Å²) in [6, 6.07) is 2.54. The number of rotatable bonds is 0. The Bertz CT molecular complexity index is 140. The largest absolute Gasteiger partial charge is 0.233 e. The van der Waals surface area contributed by atoms with Crippen molar-refractivity contribution >= 4 is 11.6 Å². The third-order valence-electron chi connectivity index (χ3n) is 0.454. The summed E-state index contributed by atoms with van der Waals surface area (Å²) in [4.78, 5) is 6.92. The van der Waals surface area contributed by atoms with E-state index in [9.17, 15) is 0 Å². The van der Waals surface area contributed by atoms with Crippen LogP contribution in [0.4, 0.5) is 0 Å². The molecule has 0 saturated carbocycles. The topological polar surface area (TPSA) is 25.8 Å². The quantitative estimate of drug-likeness (QED) is 0.463. The van der Waals surface area contributed by atoms with Gasteiger partial charge in [-0.05, 0) is 0 Å². The molecule has 0 amide bonds. The highest BCUT2D eigenvalue weighted by atomic mass is 35.5. The lowest BCUT2D eigenvalue weighted by Gasteiger charge is -1.76. The van der Waals surface area contributed by atoms with E-state index in [2.05, 4.69) is 22.4 Å². The third kappa shape index (κ3) is 1.12. The Morgan fingerprint density at radius 2 is 2.57 bits per heavy atom. The molecule has 0 N–H and O–H groups in total. The van der Waals surface area contributed by atoms with Crippen molar-refractivity contribution in [3.05, 3.63) is 23.7 Å². The van der Waals surface area contributed by atoms with Gasteiger partial charge in [-0.1, -0.05) is 11.6 Å². The molecule has 0 bridgehead atoms. The van der Waals surface area contributed by atoms with E-state index in [0.29, 0.717) is 5.15 Å². The minimum absolute atomic E-state index is 0.301. The average molecular weight is 113 g/mol. The molecule has 1 aromatic heterocycles. The van der Waals surface area contributed by atoms with E-state index >= 15 is 0 Å². The van der Waals surface area contributed by atoms with Crippen molar-refractivity contribution in [2.75, 3.05) is 0 Å². The summed E-state index contributed by atoms with van der Waals surface area (Å²) < 4.78 is 0. The van der Waals surface area contributed by atoms with Gasteiger partial charge in [-0.15, -0.1) is 0 Å². The van der Waals surface area contributed by atoms with Gasteiger partial charge in [0.05, 0.1) is 0 Å². The van der Waals surface area contributed by atoms with Crippen LogP contribution in [0.3, 0.4) is 0 Å². The van der Waals surface area contributed by atoms with Crippen LogP contribution >= 0.6 is 11.6 Å². The zero-order valence-electron chi connectivity index (χ0n) is 3.35. The smallest absolute Gasteiger partial charge is 0.199 e. The predicted molar refractivity (Wildman–Crippen MR) is 24.7 cm³/mol. The number of hydrogen-bond donors (Lipinski definition) is 0. The molecule has 0 aromatic carbocycles. The van der Waals surface area contributed by atoms with Gasteiger partial charge in [0.25, 0.3) is 0 Å². The Morgan fingerprint density at radius 3 is 2.86 bits per heavy atom. The van der Waals surface area contributed by atoms with E-state index in [-0.39, 0.29) is 0 Å². The Balaban J connectivity index is 3.02. The Hall–Kier alpha value is -0.630. The van der Waals surface area contributed by atoms with Crippen molar-refractivity contribution in [3.63, 3.8) is 0 Å². The molecule has 1 heterocycles. The first-order chi connectivity index (χ1) is 3.39. The molecule has 0 aliphatic carbocycles. The van der Waals surface area contributed by atoms with Crippen molar-refractivity contribution in [2.45, 2.75) is 0 Å². The summed E-state index contributed by atoms with van der Waals surface area (Å²) in [7, 11) is 0. The number of halogens is 1. The zero-order chi connectivity index (χ0) is 5.11. The van der Waals surface area contributed by atoms with Gasteiger partial charge in [-0.2, -0.15) is 0 Å². The molecule has 0 atom stereocenters. The Kier molecular flexibility index (Phi) is 1.22. The summed E-state index contributed by atoms with van der Waals surface area (Å²) in [6.07, 6.45) is 3.71. The van der Waals surface area contributed by atoms with Gasteiger partial charge < -0.3 is 0 Å². The SMILES string of the molecule is Clc1[c]cn[c]n1. The van der Waals surface area contributed by atoms with E-state index in [1.54, 1.807) is 0 Å². The maximum Gasteiger partial charge on any atom is 0.199 e. The fourth-order valence-electron chi connectivity index (χ4n) is 0.219. The molecular formula is C4HClN2. The van der Waals surface area contributed by atoms with Crippen molar-refractivity contribution in [1.82, 2.24) is 9.97 Å². The number of nitrogens with zero attached hydrogens (tertiary/aromatic N) is 2. The fraction of sp³-hybridized carbons (Fsp3) is 0. The molecule has 1 aromatic rings. The number of aromatic nitrogens is 2. The van der Waals surface area contributed by atoms with E-state index in [0.717, 1.165) is 0 Å². The van der Waals surface area contributed by atoms with Crippen LogP contribution in [-0.2, 0) is 0 Å². The molecule has 0 saturated heterocycles. The van der Waals surface area contributed by atoms with E-state index in [4.69, 9.17) is 11.6 Å². The molecule has 0 unspecified atom stereocenters. The van der Waals surface area contributed by atoms with E-state index in [1.165, 1.54) is 6.20 Å². The molecule has 34 valence electrons. The first-order valence-corrected chi connectivity index (χ1v) is 2.03. The van der Waals surface area contributed by atoms with Gasteiger partial charge in [-0.25, -0.2) is 9.97 Å². The maximum atomic E-state index is 5.30. The predicted octanol–water partition coefficient (Wildman–Crippen LogP) is 0.730. The average Bonchev–Trinajstić information content (AvgIpc) is 1.69. The van der Waals surface area contributed by atoms with Crippen LogP contribution in [0, 0.1) is 12.4 Å². The normalized spacial score (nSPS) is 8.71. The lowest BCUT2D eigenvalue weighted by Crippen LogP contribution is -1.74. The van der Waals surface area contributed by atoms with Crippen LogP contribution in [-0.4, -0.2) is 9.97 Å². The van der Waals surface area contributed by atoms with Gasteiger partial charge >= 0.3 is 0 Å². The van der Waals surface area contributed by atoms with Crippen LogP contribution in [0.5, 0.6) is 0 Å². The third-order valence-corrected chi connectivity index (χ3v) is 0.648. The fourth-order valence-corrected chi connectivity index (χ4v) is 0.306. The molecule has 0 fully saturated rings.